The molecule has 0 saturated heterocycles. The second-order valence-electron chi connectivity index (χ2n) is 7.51. The molecule has 1 aliphatic heterocycles. The Morgan fingerprint density at radius 3 is 2.58 bits per heavy atom. The van der Waals surface area contributed by atoms with Gasteiger partial charge in [0.1, 0.15) is 0 Å². The summed E-state index contributed by atoms with van der Waals surface area (Å²) in [7, 11) is 0. The highest BCUT2D eigenvalue weighted by molar-refractivity contribution is 6.20. The summed E-state index contributed by atoms with van der Waals surface area (Å²) in [5, 5.41) is 0. The standard InChI is InChI=1S/C20H22F3N2O/c21-20(22,23)17-5-1-13(2-6-17)12-26-19-10-16(11-25-19)15-7-8-24-18(9-15)14-3-4-14/h7-11,13-14,17H,1-6,12H2/q+1. The lowest BCUT2D eigenvalue weighted by Gasteiger charge is -2.29. The minimum atomic E-state index is -4.06. The molecule has 2 saturated carbocycles. The van der Waals surface area contributed by atoms with Crippen LogP contribution in [0, 0.1) is 11.8 Å². The van der Waals surface area contributed by atoms with Crippen LogP contribution in [0.2, 0.25) is 0 Å². The highest BCUT2D eigenvalue weighted by atomic mass is 19.4. The predicted octanol–water partition coefficient (Wildman–Crippen LogP) is 4.28. The van der Waals surface area contributed by atoms with E-state index < -0.39 is 12.1 Å². The molecule has 2 heterocycles. The van der Waals surface area contributed by atoms with E-state index in [4.69, 9.17) is 4.74 Å². The molecule has 26 heavy (non-hydrogen) atoms. The van der Waals surface area contributed by atoms with Crippen molar-refractivity contribution in [2.24, 2.45) is 11.8 Å². The van der Waals surface area contributed by atoms with E-state index in [1.165, 1.54) is 12.8 Å². The van der Waals surface area contributed by atoms with Crippen LogP contribution in [-0.4, -0.2) is 29.9 Å². The van der Waals surface area contributed by atoms with Gasteiger partial charge in [0.2, 0.25) is 0 Å². The van der Waals surface area contributed by atoms with Crippen LogP contribution in [-0.2, 0) is 4.74 Å². The van der Waals surface area contributed by atoms with Crippen LogP contribution in [0.1, 0.15) is 55.7 Å². The minimum absolute atomic E-state index is 0.177. The molecule has 3 nitrogen and oxygen atoms in total. The monoisotopic (exact) mass is 363 g/mol. The van der Waals surface area contributed by atoms with E-state index in [2.05, 4.69) is 15.7 Å². The summed E-state index contributed by atoms with van der Waals surface area (Å²) in [5.41, 5.74) is 3.20. The SMILES string of the molecule is FC(F)(F)C1CCC(COC2=[N+]=CC(c3ccnc(C4CC4)c3)=C2)CC1. The molecule has 2 aliphatic carbocycles. The zero-order chi connectivity index (χ0) is 18.1. The number of halogens is 3. The summed E-state index contributed by atoms with van der Waals surface area (Å²) in [6.45, 7) is 0.435. The third-order valence-corrected chi connectivity index (χ3v) is 5.50. The van der Waals surface area contributed by atoms with E-state index >= 15 is 0 Å². The average Bonchev–Trinajstić information content (AvgIpc) is 3.38. The quantitative estimate of drug-likeness (QED) is 0.749. The van der Waals surface area contributed by atoms with Crippen LogP contribution in [0.3, 0.4) is 0 Å². The van der Waals surface area contributed by atoms with E-state index in [-0.39, 0.29) is 18.8 Å². The van der Waals surface area contributed by atoms with Gasteiger partial charge in [-0.25, -0.2) is 0 Å². The number of allylic oxidation sites excluding steroid dienone is 1. The Morgan fingerprint density at radius 1 is 1.12 bits per heavy atom. The molecule has 0 N–H and O–H groups in total. The average molecular weight is 363 g/mol. The number of hydrogen-bond acceptors (Lipinski definition) is 2. The van der Waals surface area contributed by atoms with E-state index in [0.29, 0.717) is 31.3 Å². The number of rotatable bonds is 4. The van der Waals surface area contributed by atoms with Gasteiger partial charge >= 0.3 is 18.3 Å². The summed E-state index contributed by atoms with van der Waals surface area (Å²) in [6, 6.07) is 4.07. The predicted molar refractivity (Wildman–Crippen MR) is 94.8 cm³/mol. The molecule has 0 amide bonds. The summed E-state index contributed by atoms with van der Waals surface area (Å²) < 4.78 is 48.2. The topological polar surface area (TPSA) is 36.2 Å². The molecule has 1 aromatic rings. The first-order valence-corrected chi connectivity index (χ1v) is 9.27. The molecule has 4 rings (SSSR count). The van der Waals surface area contributed by atoms with E-state index in [9.17, 15) is 13.2 Å². The molecule has 6 heteroatoms. The first kappa shape index (κ1) is 17.3. The van der Waals surface area contributed by atoms with Crippen LogP contribution in [0.5, 0.6) is 0 Å². The van der Waals surface area contributed by atoms with E-state index in [0.717, 1.165) is 16.8 Å². The molecular weight excluding hydrogens is 341 g/mol. The Kier molecular flexibility index (Phi) is 4.62. The first-order valence-electron chi connectivity index (χ1n) is 9.27. The smallest absolute Gasteiger partial charge is 0.432 e. The van der Waals surface area contributed by atoms with Crippen LogP contribution < -0.4 is 4.67 Å². The second-order valence-corrected chi connectivity index (χ2v) is 7.51. The fourth-order valence-electron chi connectivity index (χ4n) is 3.67. The molecular formula is C20H22F3N2O+. The minimum Gasteiger partial charge on any atom is -0.432 e. The van der Waals surface area contributed by atoms with Gasteiger partial charge in [-0.05, 0) is 66.8 Å². The van der Waals surface area contributed by atoms with Gasteiger partial charge in [0.25, 0.3) is 0 Å². The summed E-state index contributed by atoms with van der Waals surface area (Å²) in [5.74, 6) is 0.175. The molecule has 0 spiro atoms. The Hall–Kier alpha value is -2.07. The van der Waals surface area contributed by atoms with Gasteiger partial charge in [-0.2, -0.15) is 13.2 Å². The van der Waals surface area contributed by atoms with Crippen LogP contribution in [0.15, 0.2) is 24.4 Å². The summed E-state index contributed by atoms with van der Waals surface area (Å²) in [4.78, 5) is 4.42. The normalized spacial score (nSPS) is 25.8. The number of pyridine rings is 1. The maximum atomic E-state index is 12.7. The van der Waals surface area contributed by atoms with E-state index in [1.54, 1.807) is 6.21 Å². The molecule has 0 bridgehead atoms. The third-order valence-electron chi connectivity index (χ3n) is 5.50. The number of nitrogens with zero attached hydrogens (tertiary/aromatic N) is 2. The lowest BCUT2D eigenvalue weighted by molar-refractivity contribution is -0.184. The van der Waals surface area contributed by atoms with Crippen LogP contribution in [0.4, 0.5) is 13.2 Å². The maximum absolute atomic E-state index is 12.7. The van der Waals surface area contributed by atoms with Crippen LogP contribution in [0.25, 0.3) is 5.57 Å². The van der Waals surface area contributed by atoms with Crippen molar-refractivity contribution in [3.63, 3.8) is 0 Å². The van der Waals surface area contributed by atoms with E-state index in [1.807, 2.05) is 18.3 Å². The molecule has 0 radical (unpaired) electrons. The van der Waals surface area contributed by atoms with Crippen molar-refractivity contribution in [2.75, 3.05) is 6.61 Å². The second kappa shape index (κ2) is 6.92. The van der Waals surface area contributed by atoms with Crippen LogP contribution >= 0.6 is 0 Å². The fraction of sp³-hybridized carbons (Fsp3) is 0.550. The van der Waals surface area contributed by atoms with Gasteiger partial charge in [0.05, 0.1) is 24.2 Å². The maximum Gasteiger partial charge on any atom is 0.488 e. The number of ether oxygens (including phenoxy) is 1. The van der Waals surface area contributed by atoms with Gasteiger partial charge in [-0.15, -0.1) is 0 Å². The molecule has 2 fully saturated rings. The molecule has 0 aromatic carbocycles. The largest absolute Gasteiger partial charge is 0.488 e. The lowest BCUT2D eigenvalue weighted by Crippen LogP contribution is -2.29. The highest BCUT2D eigenvalue weighted by Gasteiger charge is 2.41. The number of hydrogen-bond donors (Lipinski definition) is 0. The van der Waals surface area contributed by atoms with Crippen molar-refractivity contribution in [1.29, 1.82) is 0 Å². The number of alkyl halides is 3. The van der Waals surface area contributed by atoms with Gasteiger partial charge < -0.3 is 4.74 Å². The Labute approximate surface area is 150 Å². The van der Waals surface area contributed by atoms with Crippen molar-refractivity contribution >= 4 is 17.7 Å². The van der Waals surface area contributed by atoms with Gasteiger partial charge in [0.15, 0.2) is 0 Å². The summed E-state index contributed by atoms with van der Waals surface area (Å²) >= 11 is 0. The molecule has 1 aromatic heterocycles. The third kappa shape index (κ3) is 4.01. The molecule has 3 aliphatic rings. The van der Waals surface area contributed by atoms with Crippen molar-refractivity contribution < 1.29 is 17.9 Å². The van der Waals surface area contributed by atoms with Crippen molar-refractivity contribution in [3.8, 4) is 0 Å². The number of aromatic nitrogens is 1. The molecule has 0 atom stereocenters. The lowest BCUT2D eigenvalue weighted by atomic mass is 9.82. The fourth-order valence-corrected chi connectivity index (χ4v) is 3.67. The zero-order valence-corrected chi connectivity index (χ0v) is 14.5. The Morgan fingerprint density at radius 2 is 1.88 bits per heavy atom. The zero-order valence-electron chi connectivity index (χ0n) is 14.5. The highest BCUT2D eigenvalue weighted by Crippen LogP contribution is 2.40. The molecule has 138 valence electrons. The first-order chi connectivity index (χ1) is 12.5. The van der Waals surface area contributed by atoms with Crippen molar-refractivity contribution in [3.05, 3.63) is 35.7 Å². The van der Waals surface area contributed by atoms with Gasteiger partial charge in [0, 0.05) is 17.8 Å². The molecule has 0 unspecified atom stereocenters. The Balaban J connectivity index is 1.29. The van der Waals surface area contributed by atoms with Gasteiger partial charge in [-0.3, -0.25) is 4.98 Å². The van der Waals surface area contributed by atoms with Crippen molar-refractivity contribution in [2.45, 2.75) is 50.6 Å². The van der Waals surface area contributed by atoms with Crippen molar-refractivity contribution in [1.82, 2.24) is 9.65 Å². The van der Waals surface area contributed by atoms with Gasteiger partial charge in [-0.1, -0.05) is 0 Å². The summed E-state index contributed by atoms with van der Waals surface area (Å²) in [6.07, 6.45) is 5.40. The Bertz CT molecular complexity index is 766.